The molecule has 15 heavy (non-hydrogen) atoms. The molecule has 4 nitrogen and oxygen atoms in total. The molecule has 0 radical (unpaired) electrons. The first-order chi connectivity index (χ1) is 6.88. The monoisotopic (exact) mass is 234 g/mol. The summed E-state index contributed by atoms with van der Waals surface area (Å²) in [6, 6.07) is 1.08. The Morgan fingerprint density at radius 3 is 2.67 bits per heavy atom. The molecule has 1 N–H and O–H groups in total. The molecule has 0 bridgehead atoms. The normalized spacial score (nSPS) is 28.3. The van der Waals surface area contributed by atoms with Crippen molar-refractivity contribution in [1.29, 1.82) is 0 Å². The lowest BCUT2D eigenvalue weighted by molar-refractivity contribution is 0.188. The van der Waals surface area contributed by atoms with Gasteiger partial charge in [0.05, 0.1) is 5.75 Å². The second-order valence-electron chi connectivity index (χ2n) is 4.64. The summed E-state index contributed by atoms with van der Waals surface area (Å²) in [4.78, 5) is 2.18. The van der Waals surface area contributed by atoms with Gasteiger partial charge in [-0.05, 0) is 33.4 Å². The van der Waals surface area contributed by atoms with Crippen molar-refractivity contribution in [3.63, 3.8) is 0 Å². The first-order valence-electron chi connectivity index (χ1n) is 5.50. The molecule has 1 aliphatic rings. The van der Waals surface area contributed by atoms with E-state index in [1.54, 1.807) is 0 Å². The van der Waals surface area contributed by atoms with Gasteiger partial charge in [-0.1, -0.05) is 0 Å². The minimum Gasteiger partial charge on any atom is -0.314 e. The number of rotatable bonds is 4. The number of piperidine rings is 1. The molecule has 0 aromatic carbocycles. The Bertz CT molecular complexity index is 290. The lowest BCUT2D eigenvalue weighted by Crippen LogP contribution is -2.46. The second-order valence-corrected chi connectivity index (χ2v) is 6.90. The van der Waals surface area contributed by atoms with Gasteiger partial charge in [-0.15, -0.1) is 0 Å². The van der Waals surface area contributed by atoms with E-state index >= 15 is 0 Å². The topological polar surface area (TPSA) is 49.4 Å². The smallest absolute Gasteiger partial charge is 0.148 e. The van der Waals surface area contributed by atoms with Crippen LogP contribution >= 0.6 is 0 Å². The van der Waals surface area contributed by atoms with E-state index < -0.39 is 9.84 Å². The van der Waals surface area contributed by atoms with Crippen LogP contribution in [0.1, 0.15) is 19.8 Å². The van der Waals surface area contributed by atoms with Crippen LogP contribution in [0.2, 0.25) is 0 Å². The van der Waals surface area contributed by atoms with E-state index in [2.05, 4.69) is 17.1 Å². The predicted octanol–water partition coefficient (Wildman–Crippen LogP) is 0.103. The number of nitrogens with one attached hydrogen (secondary N) is 1. The van der Waals surface area contributed by atoms with Crippen molar-refractivity contribution in [3.05, 3.63) is 0 Å². The van der Waals surface area contributed by atoms with Crippen LogP contribution in [0.5, 0.6) is 0 Å². The molecule has 0 spiro atoms. The third-order valence-corrected chi connectivity index (χ3v) is 3.96. The zero-order chi connectivity index (χ0) is 11.5. The largest absolute Gasteiger partial charge is 0.314 e. The Morgan fingerprint density at radius 1 is 1.47 bits per heavy atom. The highest BCUT2D eigenvalue weighted by Gasteiger charge is 2.22. The molecule has 5 heteroatoms. The molecule has 1 saturated heterocycles. The van der Waals surface area contributed by atoms with Gasteiger partial charge in [0.2, 0.25) is 0 Å². The minimum atomic E-state index is -2.83. The SMILES string of the molecule is CC1CC(N(C)CCS(C)(=O)=O)CCN1. The molecular formula is C10H22N2O2S. The van der Waals surface area contributed by atoms with E-state index in [1.807, 2.05) is 7.05 Å². The van der Waals surface area contributed by atoms with Crippen LogP contribution in [0.25, 0.3) is 0 Å². The summed E-state index contributed by atoms with van der Waals surface area (Å²) in [5.74, 6) is 0.266. The lowest BCUT2D eigenvalue weighted by Gasteiger charge is -2.34. The van der Waals surface area contributed by atoms with Crippen LogP contribution in [0.15, 0.2) is 0 Å². The molecule has 0 aliphatic carbocycles. The minimum absolute atomic E-state index is 0.266. The Balaban J connectivity index is 2.36. The first-order valence-corrected chi connectivity index (χ1v) is 7.56. The van der Waals surface area contributed by atoms with Gasteiger partial charge >= 0.3 is 0 Å². The van der Waals surface area contributed by atoms with Gasteiger partial charge in [0.15, 0.2) is 0 Å². The second kappa shape index (κ2) is 5.27. The molecule has 1 aliphatic heterocycles. The number of sulfone groups is 1. The Labute approximate surface area is 93.0 Å². The number of hydrogen-bond acceptors (Lipinski definition) is 4. The van der Waals surface area contributed by atoms with Crippen LogP contribution in [-0.2, 0) is 9.84 Å². The van der Waals surface area contributed by atoms with E-state index in [9.17, 15) is 8.42 Å². The van der Waals surface area contributed by atoms with Gasteiger partial charge in [-0.3, -0.25) is 0 Å². The van der Waals surface area contributed by atoms with Gasteiger partial charge in [0.25, 0.3) is 0 Å². The highest BCUT2D eigenvalue weighted by Crippen LogP contribution is 2.13. The maximum absolute atomic E-state index is 11.0. The molecule has 2 unspecified atom stereocenters. The molecule has 0 aromatic heterocycles. The van der Waals surface area contributed by atoms with E-state index in [-0.39, 0.29) is 5.75 Å². The Morgan fingerprint density at radius 2 is 2.13 bits per heavy atom. The van der Waals surface area contributed by atoms with Crippen molar-refractivity contribution in [2.24, 2.45) is 0 Å². The van der Waals surface area contributed by atoms with Gasteiger partial charge < -0.3 is 10.2 Å². The summed E-state index contributed by atoms with van der Waals surface area (Å²) in [5, 5.41) is 3.39. The van der Waals surface area contributed by atoms with Crippen LogP contribution in [0.3, 0.4) is 0 Å². The average molecular weight is 234 g/mol. The molecule has 1 heterocycles. The van der Waals surface area contributed by atoms with Gasteiger partial charge in [-0.2, -0.15) is 0 Å². The van der Waals surface area contributed by atoms with Crippen LogP contribution in [0.4, 0.5) is 0 Å². The van der Waals surface area contributed by atoms with Crippen molar-refractivity contribution in [2.75, 3.05) is 32.1 Å². The Kier molecular flexibility index (Phi) is 4.55. The van der Waals surface area contributed by atoms with E-state index in [1.165, 1.54) is 6.26 Å². The van der Waals surface area contributed by atoms with Gasteiger partial charge in [0, 0.05) is 24.9 Å². The standard InChI is InChI=1S/C10H22N2O2S/c1-9-8-10(4-5-11-9)12(2)6-7-15(3,13)14/h9-11H,4-8H2,1-3H3. The predicted molar refractivity (Wildman–Crippen MR) is 62.8 cm³/mol. The lowest BCUT2D eigenvalue weighted by atomic mass is 9.99. The summed E-state index contributed by atoms with van der Waals surface area (Å²) in [5.41, 5.74) is 0. The van der Waals surface area contributed by atoms with Gasteiger partial charge in [-0.25, -0.2) is 8.42 Å². The van der Waals surface area contributed by atoms with Gasteiger partial charge in [0.1, 0.15) is 9.84 Å². The molecule has 0 saturated carbocycles. The molecular weight excluding hydrogens is 212 g/mol. The molecule has 0 amide bonds. The van der Waals surface area contributed by atoms with E-state index in [0.29, 0.717) is 18.6 Å². The average Bonchev–Trinajstić information content (AvgIpc) is 2.13. The highest BCUT2D eigenvalue weighted by atomic mass is 32.2. The Hall–Kier alpha value is -0.130. The maximum Gasteiger partial charge on any atom is 0.148 e. The van der Waals surface area contributed by atoms with E-state index in [4.69, 9.17) is 0 Å². The molecule has 0 aromatic rings. The van der Waals surface area contributed by atoms with E-state index in [0.717, 1.165) is 19.4 Å². The third kappa shape index (κ3) is 4.95. The fourth-order valence-corrected chi connectivity index (χ4v) is 2.62. The number of hydrogen-bond donors (Lipinski definition) is 1. The van der Waals surface area contributed by atoms with Crippen molar-refractivity contribution >= 4 is 9.84 Å². The maximum atomic E-state index is 11.0. The molecule has 90 valence electrons. The van der Waals surface area contributed by atoms with Crippen molar-refractivity contribution in [2.45, 2.75) is 31.8 Å². The summed E-state index contributed by atoms with van der Waals surface area (Å²) in [7, 11) is -0.807. The number of nitrogens with zero attached hydrogens (tertiary/aromatic N) is 1. The van der Waals surface area contributed by atoms with Crippen LogP contribution in [-0.4, -0.2) is 57.5 Å². The summed E-state index contributed by atoms with van der Waals surface area (Å²) >= 11 is 0. The molecule has 1 rings (SSSR count). The molecule has 1 fully saturated rings. The zero-order valence-corrected chi connectivity index (χ0v) is 10.7. The fourth-order valence-electron chi connectivity index (χ4n) is 2.00. The zero-order valence-electron chi connectivity index (χ0n) is 9.86. The molecule has 2 atom stereocenters. The summed E-state index contributed by atoms with van der Waals surface area (Å²) in [6.45, 7) is 3.86. The van der Waals surface area contributed by atoms with Crippen LogP contribution in [0, 0.1) is 0 Å². The van der Waals surface area contributed by atoms with Crippen molar-refractivity contribution in [3.8, 4) is 0 Å². The summed E-state index contributed by atoms with van der Waals surface area (Å²) in [6.07, 6.45) is 3.52. The fraction of sp³-hybridized carbons (Fsp3) is 1.00. The quantitative estimate of drug-likeness (QED) is 0.750. The van der Waals surface area contributed by atoms with Crippen molar-refractivity contribution in [1.82, 2.24) is 10.2 Å². The third-order valence-electron chi connectivity index (χ3n) is 3.03. The van der Waals surface area contributed by atoms with Crippen LogP contribution < -0.4 is 5.32 Å². The first kappa shape index (κ1) is 12.9. The van der Waals surface area contributed by atoms with Crippen molar-refractivity contribution < 1.29 is 8.42 Å². The summed E-state index contributed by atoms with van der Waals surface area (Å²) < 4.78 is 22.1. The highest BCUT2D eigenvalue weighted by molar-refractivity contribution is 7.90.